The highest BCUT2D eigenvalue weighted by molar-refractivity contribution is 5.66. The van der Waals surface area contributed by atoms with E-state index in [2.05, 4.69) is 0 Å². The molecule has 0 spiro atoms. The summed E-state index contributed by atoms with van der Waals surface area (Å²) in [7, 11) is 0. The molecule has 0 aliphatic rings. The fourth-order valence-electron chi connectivity index (χ4n) is 3.84. The minimum absolute atomic E-state index is 0.106. The van der Waals surface area contributed by atoms with Crippen LogP contribution in [0.25, 0.3) is 0 Å². The van der Waals surface area contributed by atoms with E-state index in [1.165, 1.54) is 35.4 Å². The lowest BCUT2D eigenvalue weighted by Gasteiger charge is -2.15. The van der Waals surface area contributed by atoms with Crippen molar-refractivity contribution in [3.05, 3.63) is 101 Å². The number of hydrogen-bond acceptors (Lipinski definition) is 6. The van der Waals surface area contributed by atoms with Gasteiger partial charge in [0.05, 0.1) is 25.9 Å². The molecule has 0 saturated carbocycles. The van der Waals surface area contributed by atoms with Gasteiger partial charge in [-0.3, -0.25) is 37.4 Å². The van der Waals surface area contributed by atoms with Crippen molar-refractivity contribution in [1.29, 1.82) is 0 Å². The molecule has 2 heterocycles. The molecule has 1 aromatic carbocycles. The van der Waals surface area contributed by atoms with Crippen molar-refractivity contribution in [3.63, 3.8) is 0 Å². The maximum atomic E-state index is 12.9. The van der Waals surface area contributed by atoms with E-state index >= 15 is 0 Å². The first-order chi connectivity index (χ1) is 17.0. The molecule has 12 nitrogen and oxygen atoms in total. The fourth-order valence-corrected chi connectivity index (χ4v) is 3.84. The minimum Gasteiger partial charge on any atom is -0.481 e. The van der Waals surface area contributed by atoms with Gasteiger partial charge in [-0.2, -0.15) is 0 Å². The highest BCUT2D eigenvalue weighted by Crippen LogP contribution is 2.11. The number of carbonyl (C=O) groups is 2. The van der Waals surface area contributed by atoms with Crippen LogP contribution in [0.4, 0.5) is 0 Å². The van der Waals surface area contributed by atoms with Crippen molar-refractivity contribution >= 4 is 11.9 Å². The summed E-state index contributed by atoms with van der Waals surface area (Å²) in [6, 6.07) is 6.70. The third kappa shape index (κ3) is 5.77. The van der Waals surface area contributed by atoms with Crippen molar-refractivity contribution in [2.45, 2.75) is 52.9 Å². The Balaban J connectivity index is 2.04. The molecule has 190 valence electrons. The van der Waals surface area contributed by atoms with Gasteiger partial charge < -0.3 is 10.2 Å². The van der Waals surface area contributed by atoms with E-state index in [1.54, 1.807) is 24.3 Å². The molecule has 0 atom stereocenters. The number of rotatable bonds is 10. The van der Waals surface area contributed by atoms with Crippen LogP contribution in [-0.4, -0.2) is 40.4 Å². The molecule has 0 bridgehead atoms. The highest BCUT2D eigenvalue weighted by Gasteiger charge is 2.15. The first-order valence-corrected chi connectivity index (χ1v) is 11.1. The third-order valence-corrected chi connectivity index (χ3v) is 5.73. The summed E-state index contributed by atoms with van der Waals surface area (Å²) < 4.78 is 4.31. The van der Waals surface area contributed by atoms with Gasteiger partial charge in [-0.25, -0.2) is 9.59 Å². The van der Waals surface area contributed by atoms with Crippen molar-refractivity contribution in [2.75, 3.05) is 0 Å². The summed E-state index contributed by atoms with van der Waals surface area (Å²) in [6.45, 7) is 2.52. The summed E-state index contributed by atoms with van der Waals surface area (Å²) >= 11 is 0. The molecule has 0 aliphatic heterocycles. The zero-order valence-corrected chi connectivity index (χ0v) is 19.8. The van der Waals surface area contributed by atoms with Crippen LogP contribution in [0.1, 0.15) is 35.1 Å². The second-order valence-corrected chi connectivity index (χ2v) is 8.41. The Kier molecular flexibility index (Phi) is 7.87. The number of aromatic nitrogens is 4. The average Bonchev–Trinajstić information content (AvgIpc) is 2.83. The quantitative estimate of drug-likeness (QED) is 0.394. The Morgan fingerprint density at radius 3 is 1.39 bits per heavy atom. The minimum atomic E-state index is -1.08. The number of carboxylic acid groups (broad SMARTS) is 2. The number of aliphatic carboxylic acids is 2. The van der Waals surface area contributed by atoms with E-state index in [-0.39, 0.29) is 50.1 Å². The molecule has 36 heavy (non-hydrogen) atoms. The predicted octanol–water partition coefficient (Wildman–Crippen LogP) is -0.00376. The Hall–Kier alpha value is -4.48. The zero-order chi connectivity index (χ0) is 26.6. The summed E-state index contributed by atoms with van der Waals surface area (Å²) in [6.07, 6.45) is 2.06. The van der Waals surface area contributed by atoms with Crippen LogP contribution >= 0.6 is 0 Å². The van der Waals surface area contributed by atoms with Crippen LogP contribution in [0.15, 0.2) is 55.8 Å². The van der Waals surface area contributed by atoms with E-state index in [0.29, 0.717) is 11.1 Å². The number of hydrogen-bond donors (Lipinski definition) is 2. The summed E-state index contributed by atoms with van der Waals surface area (Å²) in [5.74, 6) is -2.17. The van der Waals surface area contributed by atoms with Crippen molar-refractivity contribution in [1.82, 2.24) is 18.3 Å². The number of aryl methyl sites for hydroxylation is 4. The number of nitrogens with zero attached hydrogens (tertiary/aromatic N) is 4. The maximum absolute atomic E-state index is 12.9. The summed E-state index contributed by atoms with van der Waals surface area (Å²) in [5, 5.41) is 17.9. The fraction of sp³-hybridized carbons (Fsp3) is 0.333. The Morgan fingerprint density at radius 1 is 0.694 bits per heavy atom. The lowest BCUT2D eigenvalue weighted by Crippen LogP contribution is -2.42. The monoisotopic (exact) mass is 498 g/mol. The lowest BCUT2D eigenvalue weighted by molar-refractivity contribution is -0.138. The molecule has 2 N–H and O–H groups in total. The van der Waals surface area contributed by atoms with E-state index in [0.717, 1.165) is 9.13 Å². The van der Waals surface area contributed by atoms with E-state index in [1.807, 2.05) is 0 Å². The zero-order valence-electron chi connectivity index (χ0n) is 19.8. The van der Waals surface area contributed by atoms with Crippen LogP contribution in [0.5, 0.6) is 0 Å². The molecule has 0 amide bonds. The van der Waals surface area contributed by atoms with Gasteiger partial charge in [0.1, 0.15) is 0 Å². The van der Waals surface area contributed by atoms with Gasteiger partial charge in [-0.15, -0.1) is 0 Å². The second-order valence-electron chi connectivity index (χ2n) is 8.41. The Bertz CT molecular complexity index is 1440. The van der Waals surface area contributed by atoms with Crippen molar-refractivity contribution < 1.29 is 19.8 Å². The first kappa shape index (κ1) is 26.1. The predicted molar refractivity (Wildman–Crippen MR) is 129 cm³/mol. The molecule has 0 radical (unpaired) electrons. The van der Waals surface area contributed by atoms with E-state index in [4.69, 9.17) is 10.2 Å². The summed E-state index contributed by atoms with van der Waals surface area (Å²) in [4.78, 5) is 73.2. The Labute approximate surface area is 203 Å². The lowest BCUT2D eigenvalue weighted by atomic mass is 10.1. The van der Waals surface area contributed by atoms with Gasteiger partial charge in [0.25, 0.3) is 11.1 Å². The van der Waals surface area contributed by atoms with Gasteiger partial charge in [-0.1, -0.05) is 24.3 Å². The van der Waals surface area contributed by atoms with E-state index < -0.39 is 34.4 Å². The molecule has 3 aromatic rings. The highest BCUT2D eigenvalue weighted by atomic mass is 16.4. The molecule has 0 saturated heterocycles. The molecule has 0 unspecified atom stereocenters. The van der Waals surface area contributed by atoms with Crippen LogP contribution in [0.3, 0.4) is 0 Å². The molecule has 12 heteroatoms. The molecule has 3 rings (SSSR count). The van der Waals surface area contributed by atoms with Gasteiger partial charge >= 0.3 is 23.3 Å². The van der Waals surface area contributed by atoms with Crippen LogP contribution in [0, 0.1) is 13.8 Å². The first-order valence-electron chi connectivity index (χ1n) is 11.1. The van der Waals surface area contributed by atoms with Crippen molar-refractivity contribution in [3.8, 4) is 0 Å². The molecular weight excluding hydrogens is 472 g/mol. The SMILES string of the molecule is Cc1cn(CCC(=O)O)c(=O)n(Cc2ccccc2Cn2c(=O)c(C)cn(CCC(=O)O)c2=O)c1=O. The molecular formula is C24H26N4O8. The van der Waals surface area contributed by atoms with Gasteiger partial charge in [0.15, 0.2) is 0 Å². The van der Waals surface area contributed by atoms with Gasteiger partial charge in [0, 0.05) is 36.6 Å². The van der Waals surface area contributed by atoms with Gasteiger partial charge in [0.2, 0.25) is 0 Å². The standard InChI is InChI=1S/C24H26N4O8/c1-15-11-25(9-7-19(29)30)23(35)27(21(15)33)13-17-5-3-4-6-18(17)14-28-22(34)16(2)12-26(24(28)36)10-8-20(31)32/h3-6,11-12H,7-10,13-14H2,1-2H3,(H,29,30)(H,31,32). The normalized spacial score (nSPS) is 10.9. The second kappa shape index (κ2) is 10.8. The smallest absolute Gasteiger partial charge is 0.331 e. The van der Waals surface area contributed by atoms with Crippen LogP contribution in [-0.2, 0) is 35.8 Å². The number of carboxylic acids is 2. The Morgan fingerprint density at radius 2 is 1.06 bits per heavy atom. The molecule has 0 fully saturated rings. The van der Waals surface area contributed by atoms with Crippen LogP contribution < -0.4 is 22.5 Å². The largest absolute Gasteiger partial charge is 0.481 e. The van der Waals surface area contributed by atoms with Crippen LogP contribution in [0.2, 0.25) is 0 Å². The number of benzene rings is 1. The molecule has 2 aromatic heterocycles. The van der Waals surface area contributed by atoms with E-state index in [9.17, 15) is 28.8 Å². The van der Waals surface area contributed by atoms with Crippen molar-refractivity contribution in [2.24, 2.45) is 0 Å². The summed E-state index contributed by atoms with van der Waals surface area (Å²) in [5.41, 5.74) is -0.887. The van der Waals surface area contributed by atoms with Gasteiger partial charge in [-0.05, 0) is 25.0 Å². The topological polar surface area (TPSA) is 163 Å². The third-order valence-electron chi connectivity index (χ3n) is 5.73. The maximum Gasteiger partial charge on any atom is 0.331 e. The average molecular weight is 498 g/mol. The molecule has 0 aliphatic carbocycles.